The Kier molecular flexibility index (Phi) is 7.14. The Labute approximate surface area is 153 Å². The maximum atomic E-state index is 12.1. The first-order valence-electron chi connectivity index (χ1n) is 7.76. The van der Waals surface area contributed by atoms with Gasteiger partial charge >= 0.3 is 18.2 Å². The van der Waals surface area contributed by atoms with E-state index in [1.54, 1.807) is 20.8 Å². The predicted molar refractivity (Wildman–Crippen MR) is 87.1 cm³/mol. The highest BCUT2D eigenvalue weighted by Gasteiger charge is 2.28. The molecule has 1 rings (SSSR count). The molecular formula is C16H20F3N3O5. The number of carbonyl (C=O) groups excluding carboxylic acids is 3. The number of alkyl halides is 3. The van der Waals surface area contributed by atoms with Gasteiger partial charge in [0.1, 0.15) is 0 Å². The zero-order valence-electron chi connectivity index (χ0n) is 15.1. The van der Waals surface area contributed by atoms with E-state index in [0.717, 1.165) is 18.3 Å². The second-order valence-corrected chi connectivity index (χ2v) is 6.53. The van der Waals surface area contributed by atoms with Crippen LogP contribution in [0.5, 0.6) is 5.88 Å². The lowest BCUT2D eigenvalue weighted by molar-refractivity contribution is -0.154. The topological polar surface area (TPSA) is 107 Å². The molecule has 150 valence electrons. The Balaban J connectivity index is 2.57. The number of halogens is 3. The first-order chi connectivity index (χ1) is 12.3. The molecule has 0 saturated carbocycles. The van der Waals surface area contributed by atoms with Crippen LogP contribution in [0.2, 0.25) is 0 Å². The first-order valence-corrected chi connectivity index (χ1v) is 7.76. The number of hydrogen-bond donors (Lipinski definition) is 2. The SMILES string of the molecule is CC(OC(=O)c1ccc(OCC(F)(F)F)nc1)C(=O)NC(=O)NC(C)(C)C. The van der Waals surface area contributed by atoms with E-state index in [0.29, 0.717) is 0 Å². The highest BCUT2D eigenvalue weighted by atomic mass is 19.4. The fourth-order valence-electron chi connectivity index (χ4n) is 1.61. The number of rotatable bonds is 5. The summed E-state index contributed by atoms with van der Waals surface area (Å²) >= 11 is 0. The Hall–Kier alpha value is -2.85. The van der Waals surface area contributed by atoms with Gasteiger partial charge in [-0.25, -0.2) is 14.6 Å². The summed E-state index contributed by atoms with van der Waals surface area (Å²) in [6, 6.07) is 1.45. The molecule has 0 radical (unpaired) electrons. The van der Waals surface area contributed by atoms with Crippen LogP contribution in [0.3, 0.4) is 0 Å². The van der Waals surface area contributed by atoms with Crippen molar-refractivity contribution in [2.24, 2.45) is 0 Å². The molecule has 27 heavy (non-hydrogen) atoms. The van der Waals surface area contributed by atoms with Gasteiger partial charge in [-0.1, -0.05) is 0 Å². The minimum atomic E-state index is -4.51. The minimum Gasteiger partial charge on any atom is -0.468 e. The van der Waals surface area contributed by atoms with Crippen LogP contribution in [-0.4, -0.2) is 47.3 Å². The third-order valence-electron chi connectivity index (χ3n) is 2.73. The van der Waals surface area contributed by atoms with Gasteiger partial charge < -0.3 is 14.8 Å². The lowest BCUT2D eigenvalue weighted by atomic mass is 10.1. The molecule has 1 aromatic heterocycles. The van der Waals surface area contributed by atoms with Gasteiger partial charge in [0, 0.05) is 17.8 Å². The van der Waals surface area contributed by atoms with Crippen molar-refractivity contribution in [3.8, 4) is 5.88 Å². The molecule has 2 N–H and O–H groups in total. The van der Waals surface area contributed by atoms with Crippen LogP contribution in [0, 0.1) is 0 Å². The molecule has 0 bridgehead atoms. The molecule has 0 aliphatic carbocycles. The summed E-state index contributed by atoms with van der Waals surface area (Å²) in [6.45, 7) is 4.89. The van der Waals surface area contributed by atoms with Crippen molar-refractivity contribution < 1.29 is 37.0 Å². The Morgan fingerprint density at radius 1 is 1.19 bits per heavy atom. The van der Waals surface area contributed by atoms with Crippen LogP contribution in [-0.2, 0) is 9.53 Å². The monoisotopic (exact) mass is 391 g/mol. The van der Waals surface area contributed by atoms with Crippen molar-refractivity contribution in [1.82, 2.24) is 15.6 Å². The van der Waals surface area contributed by atoms with Gasteiger partial charge in [0.15, 0.2) is 12.7 Å². The average Bonchev–Trinajstić information content (AvgIpc) is 2.50. The fraction of sp³-hybridized carbons (Fsp3) is 0.500. The highest BCUT2D eigenvalue weighted by molar-refractivity contribution is 5.98. The van der Waals surface area contributed by atoms with Crippen molar-refractivity contribution in [3.63, 3.8) is 0 Å². The Bertz CT molecular complexity index is 684. The van der Waals surface area contributed by atoms with Crippen LogP contribution in [0.4, 0.5) is 18.0 Å². The molecule has 0 aliphatic heterocycles. The number of nitrogens with one attached hydrogen (secondary N) is 2. The smallest absolute Gasteiger partial charge is 0.422 e. The number of nitrogens with zero attached hydrogens (tertiary/aromatic N) is 1. The van der Waals surface area contributed by atoms with Crippen LogP contribution < -0.4 is 15.4 Å². The molecule has 3 amide bonds. The molecule has 0 fully saturated rings. The molecule has 0 aromatic carbocycles. The second-order valence-electron chi connectivity index (χ2n) is 6.53. The molecule has 0 aliphatic rings. The van der Waals surface area contributed by atoms with Gasteiger partial charge in [0.2, 0.25) is 5.88 Å². The Morgan fingerprint density at radius 3 is 2.30 bits per heavy atom. The van der Waals surface area contributed by atoms with Crippen molar-refractivity contribution in [1.29, 1.82) is 0 Å². The number of aromatic nitrogens is 1. The molecule has 1 heterocycles. The number of ether oxygens (including phenoxy) is 2. The van der Waals surface area contributed by atoms with Gasteiger partial charge in [-0.3, -0.25) is 10.1 Å². The quantitative estimate of drug-likeness (QED) is 0.746. The average molecular weight is 391 g/mol. The number of urea groups is 1. The van der Waals surface area contributed by atoms with E-state index >= 15 is 0 Å². The molecule has 0 saturated heterocycles. The van der Waals surface area contributed by atoms with Crippen LogP contribution >= 0.6 is 0 Å². The summed E-state index contributed by atoms with van der Waals surface area (Å²) in [5, 5.41) is 4.53. The van der Waals surface area contributed by atoms with E-state index in [1.807, 2.05) is 5.32 Å². The molecule has 1 aromatic rings. The number of carbonyl (C=O) groups is 3. The minimum absolute atomic E-state index is 0.104. The zero-order valence-corrected chi connectivity index (χ0v) is 15.1. The van der Waals surface area contributed by atoms with E-state index in [9.17, 15) is 27.6 Å². The van der Waals surface area contributed by atoms with Gasteiger partial charge in [-0.15, -0.1) is 0 Å². The zero-order chi connectivity index (χ0) is 20.8. The van der Waals surface area contributed by atoms with Crippen LogP contribution in [0.1, 0.15) is 38.1 Å². The molecule has 1 unspecified atom stereocenters. The van der Waals surface area contributed by atoms with Gasteiger partial charge in [-0.2, -0.15) is 13.2 Å². The first kappa shape index (κ1) is 22.2. The van der Waals surface area contributed by atoms with Crippen LogP contribution in [0.15, 0.2) is 18.3 Å². The summed E-state index contributed by atoms with van der Waals surface area (Å²) < 4.78 is 45.5. The number of hydrogen-bond acceptors (Lipinski definition) is 6. The van der Waals surface area contributed by atoms with E-state index in [4.69, 9.17) is 4.74 Å². The maximum Gasteiger partial charge on any atom is 0.422 e. The van der Waals surface area contributed by atoms with Gasteiger partial charge in [0.25, 0.3) is 5.91 Å². The molecular weight excluding hydrogens is 371 g/mol. The molecule has 8 nitrogen and oxygen atoms in total. The van der Waals surface area contributed by atoms with Crippen molar-refractivity contribution in [2.45, 2.75) is 45.5 Å². The lowest BCUT2D eigenvalue weighted by Crippen LogP contribution is -2.50. The summed E-state index contributed by atoms with van der Waals surface area (Å²) in [5.74, 6) is -2.11. The molecule has 1 atom stereocenters. The summed E-state index contributed by atoms with van der Waals surface area (Å²) in [4.78, 5) is 39.0. The van der Waals surface area contributed by atoms with E-state index in [2.05, 4.69) is 15.0 Å². The normalized spacial score (nSPS) is 12.7. The number of esters is 1. The maximum absolute atomic E-state index is 12.1. The second kappa shape index (κ2) is 8.69. The van der Waals surface area contributed by atoms with E-state index in [-0.39, 0.29) is 11.4 Å². The van der Waals surface area contributed by atoms with Crippen LogP contribution in [0.25, 0.3) is 0 Å². The van der Waals surface area contributed by atoms with Gasteiger partial charge in [0.05, 0.1) is 5.56 Å². The molecule has 0 spiro atoms. The van der Waals surface area contributed by atoms with E-state index < -0.39 is 42.3 Å². The number of amides is 3. The van der Waals surface area contributed by atoms with Crippen molar-refractivity contribution in [3.05, 3.63) is 23.9 Å². The van der Waals surface area contributed by atoms with Crippen molar-refractivity contribution >= 4 is 17.9 Å². The third-order valence-corrected chi connectivity index (χ3v) is 2.73. The van der Waals surface area contributed by atoms with Gasteiger partial charge in [-0.05, 0) is 33.8 Å². The summed E-state index contributed by atoms with van der Waals surface area (Å²) in [6.07, 6.45) is -4.85. The Morgan fingerprint density at radius 2 is 1.81 bits per heavy atom. The largest absolute Gasteiger partial charge is 0.468 e. The third kappa shape index (κ3) is 8.88. The standard InChI is InChI=1S/C16H20F3N3O5/c1-9(12(23)21-14(25)22-15(2,3)4)27-13(24)10-5-6-11(20-7-10)26-8-16(17,18)19/h5-7,9H,8H2,1-4H3,(H2,21,22,23,25). The fourth-order valence-corrected chi connectivity index (χ4v) is 1.61. The summed E-state index contributed by atoms with van der Waals surface area (Å²) in [5.41, 5.74) is -0.667. The molecule has 11 heteroatoms. The van der Waals surface area contributed by atoms with Crippen molar-refractivity contribution in [2.75, 3.05) is 6.61 Å². The number of imide groups is 1. The summed E-state index contributed by atoms with van der Waals surface area (Å²) in [7, 11) is 0. The van der Waals surface area contributed by atoms with E-state index in [1.165, 1.54) is 6.92 Å². The highest BCUT2D eigenvalue weighted by Crippen LogP contribution is 2.17. The number of pyridine rings is 1. The lowest BCUT2D eigenvalue weighted by Gasteiger charge is -2.21. The predicted octanol–water partition coefficient (Wildman–Crippen LogP) is 2.19.